The average molecular weight is 645 g/mol. The number of hydrogen-bond donors (Lipinski definition) is 3. The van der Waals surface area contributed by atoms with Crippen molar-refractivity contribution in [2.45, 2.75) is 31.4 Å². The number of carbonyl (C=O) groups is 3. The van der Waals surface area contributed by atoms with Crippen LogP contribution < -0.4 is 30.7 Å². The number of ether oxygens (including phenoxy) is 1. The van der Waals surface area contributed by atoms with Crippen LogP contribution in [0.4, 0.5) is 39.4 Å². The Morgan fingerprint density at radius 1 is 1.07 bits per heavy atom. The third-order valence-electron chi connectivity index (χ3n) is 8.79. The maximum atomic E-state index is 12.4. The standard InChI is InChI=1S/C31H33ClN10O4/c1-39-23-7-5-18(12-17(23)13-27(39)44)35-28-21(32)15-33-30(37-28)41-10-8-22(25(16-41)46-3)34-19-4-6-20-24(14-19)40(2)38-29(20)42-11-9-26(43)36-31(42)45/h4-7,12,14-15,22,25,34H,8-11,13,16H2,1-3H3,(H,33,35,37)(H,36,43,45)/t22-,25-/m1/s1. The fourth-order valence-corrected chi connectivity index (χ4v) is 6.43. The van der Waals surface area contributed by atoms with Gasteiger partial charge in [0.2, 0.25) is 17.8 Å². The summed E-state index contributed by atoms with van der Waals surface area (Å²) in [6, 6.07) is 11.2. The molecule has 0 unspecified atom stereocenters. The fraction of sp³-hybridized carbons (Fsp3) is 0.355. The van der Waals surface area contributed by atoms with Crippen molar-refractivity contribution in [1.29, 1.82) is 0 Å². The van der Waals surface area contributed by atoms with Gasteiger partial charge in [-0.1, -0.05) is 11.6 Å². The number of hydrogen-bond acceptors (Lipinski definition) is 10. The second-order valence-electron chi connectivity index (χ2n) is 11.7. The van der Waals surface area contributed by atoms with Gasteiger partial charge in [0.1, 0.15) is 5.02 Å². The van der Waals surface area contributed by atoms with Gasteiger partial charge in [0.05, 0.1) is 30.3 Å². The molecule has 0 aliphatic carbocycles. The third kappa shape index (κ3) is 5.43. The van der Waals surface area contributed by atoms with Crippen molar-refractivity contribution in [3.05, 3.63) is 53.2 Å². The molecule has 0 radical (unpaired) electrons. The molecule has 14 nitrogen and oxygen atoms in total. The Labute approximate surface area is 269 Å². The molecule has 0 saturated carbocycles. The number of aromatic nitrogens is 4. The summed E-state index contributed by atoms with van der Waals surface area (Å²) in [4.78, 5) is 50.7. The molecule has 4 amide bonds. The Morgan fingerprint density at radius 3 is 2.70 bits per heavy atom. The largest absolute Gasteiger partial charge is 0.379 e. The van der Waals surface area contributed by atoms with E-state index >= 15 is 0 Å². The van der Waals surface area contributed by atoms with Gasteiger partial charge in [-0.2, -0.15) is 10.1 Å². The van der Waals surface area contributed by atoms with Crippen LogP contribution in [0.2, 0.25) is 5.02 Å². The van der Waals surface area contributed by atoms with E-state index in [1.165, 1.54) is 4.90 Å². The Hall–Kier alpha value is -4.95. The molecule has 2 saturated heterocycles. The van der Waals surface area contributed by atoms with Crippen LogP contribution in [-0.2, 0) is 27.8 Å². The van der Waals surface area contributed by atoms with Gasteiger partial charge in [-0.05, 0) is 48.4 Å². The smallest absolute Gasteiger partial charge is 0.329 e. The summed E-state index contributed by atoms with van der Waals surface area (Å²) < 4.78 is 7.66. The predicted octanol–water partition coefficient (Wildman–Crippen LogP) is 3.43. The van der Waals surface area contributed by atoms with E-state index in [0.717, 1.165) is 39.9 Å². The molecule has 3 N–H and O–H groups in total. The normalized spacial score (nSPS) is 19.9. The fourth-order valence-electron chi connectivity index (χ4n) is 6.29. The van der Waals surface area contributed by atoms with Crippen molar-refractivity contribution >= 4 is 75.0 Å². The van der Waals surface area contributed by atoms with Crippen molar-refractivity contribution < 1.29 is 19.1 Å². The summed E-state index contributed by atoms with van der Waals surface area (Å²) in [7, 11) is 5.30. The zero-order valence-electron chi connectivity index (χ0n) is 25.6. The number of benzene rings is 2. The maximum absolute atomic E-state index is 12.4. The van der Waals surface area contributed by atoms with E-state index in [2.05, 4.69) is 30.9 Å². The highest BCUT2D eigenvalue weighted by Crippen LogP contribution is 2.34. The van der Waals surface area contributed by atoms with Crippen LogP contribution in [0.25, 0.3) is 10.9 Å². The second-order valence-corrected chi connectivity index (χ2v) is 12.1. The van der Waals surface area contributed by atoms with Crippen LogP contribution in [0, 0.1) is 0 Å². The summed E-state index contributed by atoms with van der Waals surface area (Å²) in [5.74, 6) is 1.32. The number of piperidine rings is 1. The predicted molar refractivity (Wildman–Crippen MR) is 175 cm³/mol. The number of carbonyl (C=O) groups excluding carboxylic acids is 3. The van der Waals surface area contributed by atoms with E-state index in [9.17, 15) is 14.4 Å². The molecule has 4 aromatic rings. The monoisotopic (exact) mass is 644 g/mol. The van der Waals surface area contributed by atoms with Crippen LogP contribution in [0.5, 0.6) is 0 Å². The molecule has 3 aliphatic heterocycles. The first-order valence-electron chi connectivity index (χ1n) is 15.0. The van der Waals surface area contributed by atoms with E-state index in [4.69, 9.17) is 21.3 Å². The van der Waals surface area contributed by atoms with Crippen molar-refractivity contribution in [3.63, 3.8) is 0 Å². The first-order chi connectivity index (χ1) is 22.2. The van der Waals surface area contributed by atoms with Crippen LogP contribution >= 0.6 is 11.6 Å². The summed E-state index contributed by atoms with van der Waals surface area (Å²) in [6.07, 6.45) is 2.78. The molecule has 238 valence electrons. The molecule has 2 fully saturated rings. The number of methoxy groups -OCH3 is 1. The molecule has 0 bridgehead atoms. The molecule has 2 aromatic carbocycles. The number of likely N-dealkylation sites (N-methyl/N-ethyl adjacent to an activating group) is 1. The lowest BCUT2D eigenvalue weighted by Crippen LogP contribution is -2.51. The number of halogens is 1. The molecule has 2 atom stereocenters. The molecular weight excluding hydrogens is 612 g/mol. The first-order valence-corrected chi connectivity index (χ1v) is 15.4. The molecule has 46 heavy (non-hydrogen) atoms. The quantitative estimate of drug-likeness (QED) is 0.273. The number of nitrogens with zero attached hydrogens (tertiary/aromatic N) is 7. The zero-order valence-corrected chi connectivity index (χ0v) is 26.3. The van der Waals surface area contributed by atoms with Gasteiger partial charge >= 0.3 is 6.03 Å². The minimum absolute atomic E-state index is 0.0161. The van der Waals surface area contributed by atoms with Crippen molar-refractivity contribution in [3.8, 4) is 0 Å². The topological polar surface area (TPSA) is 150 Å². The van der Waals surface area contributed by atoms with Gasteiger partial charge in [-0.25, -0.2) is 9.78 Å². The number of urea groups is 1. The highest BCUT2D eigenvalue weighted by atomic mass is 35.5. The van der Waals surface area contributed by atoms with Crippen LogP contribution in [-0.4, -0.2) is 83.5 Å². The first kappa shape index (κ1) is 29.7. The van der Waals surface area contributed by atoms with Crippen LogP contribution in [0.15, 0.2) is 42.6 Å². The van der Waals surface area contributed by atoms with E-state index in [-0.39, 0.29) is 36.9 Å². The summed E-state index contributed by atoms with van der Waals surface area (Å²) in [5, 5.41) is 15.1. The number of amides is 4. The molecule has 5 heterocycles. The molecule has 7 rings (SSSR count). The highest BCUT2D eigenvalue weighted by Gasteiger charge is 2.32. The van der Waals surface area contributed by atoms with Gasteiger partial charge < -0.3 is 25.2 Å². The number of fused-ring (bicyclic) bond motifs is 2. The Bertz CT molecular complexity index is 1880. The van der Waals surface area contributed by atoms with Crippen LogP contribution in [0.3, 0.4) is 0 Å². The molecule has 2 aromatic heterocycles. The third-order valence-corrected chi connectivity index (χ3v) is 9.07. The average Bonchev–Trinajstić information content (AvgIpc) is 3.52. The molecule has 3 aliphatic rings. The second kappa shape index (κ2) is 11.8. The van der Waals surface area contributed by atoms with E-state index in [1.54, 1.807) is 29.9 Å². The van der Waals surface area contributed by atoms with Gasteiger partial charge in [0.25, 0.3) is 0 Å². The lowest BCUT2D eigenvalue weighted by Gasteiger charge is -2.38. The van der Waals surface area contributed by atoms with Crippen molar-refractivity contribution in [2.24, 2.45) is 7.05 Å². The Balaban J connectivity index is 1.04. The minimum Gasteiger partial charge on any atom is -0.379 e. The number of nitrogens with one attached hydrogen (secondary N) is 3. The Morgan fingerprint density at radius 2 is 1.89 bits per heavy atom. The minimum atomic E-state index is -0.463. The lowest BCUT2D eigenvalue weighted by atomic mass is 10.0. The van der Waals surface area contributed by atoms with E-state index < -0.39 is 6.03 Å². The van der Waals surface area contributed by atoms with Crippen molar-refractivity contribution in [1.82, 2.24) is 25.1 Å². The maximum Gasteiger partial charge on any atom is 0.329 e. The van der Waals surface area contributed by atoms with Gasteiger partial charge in [-0.15, -0.1) is 0 Å². The number of rotatable bonds is 7. The Kier molecular flexibility index (Phi) is 7.61. The summed E-state index contributed by atoms with van der Waals surface area (Å²) in [6.45, 7) is 1.53. The summed E-state index contributed by atoms with van der Waals surface area (Å²) in [5.41, 5.74) is 4.40. The van der Waals surface area contributed by atoms with Gasteiger partial charge in [0.15, 0.2) is 11.6 Å². The van der Waals surface area contributed by atoms with Gasteiger partial charge in [0, 0.05) is 69.7 Å². The van der Waals surface area contributed by atoms with E-state index in [1.807, 2.05) is 43.4 Å². The molecule has 15 heteroatoms. The SMILES string of the molecule is CO[C@@H]1CN(c2ncc(Cl)c(Nc3ccc4c(c3)CC(=O)N4C)n2)CC[C@H]1Nc1ccc2c(N3CCC(=O)NC3=O)nn(C)c2c1. The summed E-state index contributed by atoms with van der Waals surface area (Å²) >= 11 is 6.48. The number of anilines is 6. The zero-order chi connectivity index (χ0) is 32.1. The number of imide groups is 1. The lowest BCUT2D eigenvalue weighted by molar-refractivity contribution is -0.120. The molecular formula is C31H33ClN10O4. The molecule has 0 spiro atoms. The number of aryl methyl sites for hydroxylation is 1. The van der Waals surface area contributed by atoms with E-state index in [0.29, 0.717) is 42.1 Å². The van der Waals surface area contributed by atoms with Crippen LogP contribution in [0.1, 0.15) is 18.4 Å². The van der Waals surface area contributed by atoms with Crippen molar-refractivity contribution in [2.75, 3.05) is 59.1 Å². The van der Waals surface area contributed by atoms with Gasteiger partial charge in [-0.3, -0.25) is 24.5 Å². The highest BCUT2D eigenvalue weighted by molar-refractivity contribution is 6.33.